The summed E-state index contributed by atoms with van der Waals surface area (Å²) in [4.78, 5) is 47.9. The van der Waals surface area contributed by atoms with Gasteiger partial charge in [0.15, 0.2) is 0 Å². The van der Waals surface area contributed by atoms with Crippen LogP contribution in [0.25, 0.3) is 0 Å². The number of benzene rings is 1. The zero-order valence-corrected chi connectivity index (χ0v) is 13.3. The topological polar surface area (TPSA) is 131 Å². The largest absolute Gasteiger partial charge is 0.497 e. The number of amides is 5. The van der Waals surface area contributed by atoms with E-state index in [2.05, 4.69) is 10.6 Å². The molecule has 2 rings (SSSR count). The number of nitrogens with two attached hydrogens (primary N) is 1. The summed E-state index contributed by atoms with van der Waals surface area (Å²) in [5.41, 5.74) is 4.14. The van der Waals surface area contributed by atoms with Crippen molar-refractivity contribution in [2.45, 2.75) is 12.5 Å². The molecule has 0 saturated carbocycles. The van der Waals surface area contributed by atoms with Gasteiger partial charge in [-0.3, -0.25) is 19.3 Å². The molecule has 1 saturated heterocycles. The van der Waals surface area contributed by atoms with Crippen LogP contribution in [0, 0.1) is 0 Å². The van der Waals surface area contributed by atoms with E-state index < -0.39 is 35.8 Å². The summed E-state index contributed by atoms with van der Waals surface area (Å²) in [6.07, 6.45) is 0. The van der Waals surface area contributed by atoms with Gasteiger partial charge in [-0.15, -0.1) is 0 Å². The third-order valence-electron chi connectivity index (χ3n) is 3.68. The lowest BCUT2D eigenvalue weighted by Crippen LogP contribution is -2.44. The van der Waals surface area contributed by atoms with Crippen LogP contribution in [-0.4, -0.2) is 48.9 Å². The molecule has 1 aromatic carbocycles. The summed E-state index contributed by atoms with van der Waals surface area (Å²) in [5.74, 6) is -1.42. The highest BCUT2D eigenvalue weighted by molar-refractivity contribution is 6.09. The number of carbonyl (C=O) groups is 4. The van der Waals surface area contributed by atoms with Gasteiger partial charge in [-0.1, -0.05) is 12.1 Å². The molecule has 1 aromatic rings. The number of methoxy groups -OCH3 is 1. The number of urea groups is 1. The highest BCUT2D eigenvalue weighted by Gasteiger charge is 2.49. The molecule has 0 radical (unpaired) electrons. The van der Waals surface area contributed by atoms with E-state index in [0.717, 1.165) is 4.90 Å². The zero-order valence-electron chi connectivity index (χ0n) is 13.3. The number of nitrogens with zero attached hydrogens (tertiary/aromatic N) is 1. The number of nitrogens with one attached hydrogen (secondary N) is 2. The van der Waals surface area contributed by atoms with Gasteiger partial charge >= 0.3 is 6.03 Å². The van der Waals surface area contributed by atoms with Gasteiger partial charge in [0.05, 0.1) is 13.7 Å². The molecule has 1 atom stereocenters. The first-order valence-electron chi connectivity index (χ1n) is 7.11. The summed E-state index contributed by atoms with van der Waals surface area (Å²) >= 11 is 0. The normalized spacial score (nSPS) is 19.8. The fourth-order valence-electron chi connectivity index (χ4n) is 2.36. The quantitative estimate of drug-likeness (QED) is 0.578. The van der Waals surface area contributed by atoms with Crippen molar-refractivity contribution in [3.8, 4) is 5.75 Å². The molecule has 24 heavy (non-hydrogen) atoms. The Kier molecular flexibility index (Phi) is 4.72. The minimum Gasteiger partial charge on any atom is -0.497 e. The molecular formula is C15H18N4O5. The molecule has 1 aliphatic rings. The summed E-state index contributed by atoms with van der Waals surface area (Å²) in [6.45, 7) is 0.677. The van der Waals surface area contributed by atoms with Gasteiger partial charge in [-0.2, -0.15) is 0 Å². The van der Waals surface area contributed by atoms with Crippen LogP contribution in [0.15, 0.2) is 24.3 Å². The highest BCUT2D eigenvalue weighted by atomic mass is 16.5. The van der Waals surface area contributed by atoms with Gasteiger partial charge < -0.3 is 21.1 Å². The summed E-state index contributed by atoms with van der Waals surface area (Å²) in [5, 5.41) is 4.81. The first kappa shape index (κ1) is 17.3. The maximum atomic E-state index is 12.6. The molecular weight excluding hydrogens is 316 g/mol. The van der Waals surface area contributed by atoms with Crippen molar-refractivity contribution >= 4 is 23.8 Å². The van der Waals surface area contributed by atoms with Crippen LogP contribution in [0.3, 0.4) is 0 Å². The van der Waals surface area contributed by atoms with Gasteiger partial charge in [0, 0.05) is 0 Å². The van der Waals surface area contributed by atoms with Crippen molar-refractivity contribution in [1.29, 1.82) is 0 Å². The fourth-order valence-corrected chi connectivity index (χ4v) is 2.36. The van der Waals surface area contributed by atoms with Crippen LogP contribution in [-0.2, 0) is 19.9 Å². The molecule has 128 valence electrons. The van der Waals surface area contributed by atoms with Crippen molar-refractivity contribution in [2.24, 2.45) is 5.73 Å². The van der Waals surface area contributed by atoms with Crippen LogP contribution in [0.5, 0.6) is 5.75 Å². The third-order valence-corrected chi connectivity index (χ3v) is 3.68. The molecule has 5 amide bonds. The fraction of sp³-hybridized carbons (Fsp3) is 0.333. The summed E-state index contributed by atoms with van der Waals surface area (Å²) in [6, 6.07) is 6.02. The van der Waals surface area contributed by atoms with E-state index in [1.807, 2.05) is 0 Å². The Morgan fingerprint density at radius 1 is 1.38 bits per heavy atom. The second kappa shape index (κ2) is 6.57. The van der Waals surface area contributed by atoms with Crippen molar-refractivity contribution in [1.82, 2.24) is 15.5 Å². The number of carbonyl (C=O) groups excluding carboxylic acids is 4. The Morgan fingerprint density at radius 2 is 2.08 bits per heavy atom. The van der Waals surface area contributed by atoms with Gasteiger partial charge in [-0.25, -0.2) is 4.79 Å². The second-order valence-corrected chi connectivity index (χ2v) is 5.42. The maximum absolute atomic E-state index is 12.6. The predicted molar refractivity (Wildman–Crippen MR) is 82.8 cm³/mol. The van der Waals surface area contributed by atoms with Crippen molar-refractivity contribution in [3.63, 3.8) is 0 Å². The molecule has 1 heterocycles. The van der Waals surface area contributed by atoms with E-state index in [-0.39, 0.29) is 6.54 Å². The van der Waals surface area contributed by atoms with E-state index in [4.69, 9.17) is 10.5 Å². The summed E-state index contributed by atoms with van der Waals surface area (Å²) in [7, 11) is 1.49. The zero-order chi connectivity index (χ0) is 17.9. The lowest BCUT2D eigenvalue weighted by atomic mass is 9.92. The maximum Gasteiger partial charge on any atom is 0.325 e. The predicted octanol–water partition coefficient (Wildman–Crippen LogP) is -0.936. The Balaban J connectivity index is 2.18. The first-order chi connectivity index (χ1) is 11.3. The second-order valence-electron chi connectivity index (χ2n) is 5.42. The van der Waals surface area contributed by atoms with Gasteiger partial charge in [0.1, 0.15) is 17.8 Å². The van der Waals surface area contributed by atoms with Gasteiger partial charge in [0.2, 0.25) is 11.8 Å². The number of imide groups is 1. The lowest BCUT2D eigenvalue weighted by Gasteiger charge is -2.22. The van der Waals surface area contributed by atoms with E-state index >= 15 is 0 Å². The molecule has 1 aliphatic heterocycles. The molecule has 0 bridgehead atoms. The molecule has 4 N–H and O–H groups in total. The molecule has 1 fully saturated rings. The van der Waals surface area contributed by atoms with Crippen LogP contribution in [0.2, 0.25) is 0 Å². The Labute approximate surface area is 138 Å². The molecule has 0 aromatic heterocycles. The highest BCUT2D eigenvalue weighted by Crippen LogP contribution is 2.30. The Morgan fingerprint density at radius 3 is 2.71 bits per heavy atom. The van der Waals surface area contributed by atoms with Gasteiger partial charge in [-0.05, 0) is 24.6 Å². The van der Waals surface area contributed by atoms with Crippen molar-refractivity contribution in [3.05, 3.63) is 29.8 Å². The minimum atomic E-state index is -1.31. The molecule has 9 nitrogen and oxygen atoms in total. The van der Waals surface area contributed by atoms with E-state index in [1.165, 1.54) is 7.11 Å². The Bertz CT molecular complexity index is 705. The van der Waals surface area contributed by atoms with Crippen LogP contribution in [0.1, 0.15) is 12.5 Å². The molecule has 9 heteroatoms. The number of ether oxygens (including phenoxy) is 1. The van der Waals surface area contributed by atoms with Crippen LogP contribution in [0.4, 0.5) is 4.79 Å². The van der Waals surface area contributed by atoms with Crippen molar-refractivity contribution < 1.29 is 23.9 Å². The number of rotatable bonds is 6. The van der Waals surface area contributed by atoms with E-state index in [9.17, 15) is 19.2 Å². The lowest BCUT2D eigenvalue weighted by molar-refractivity contribution is -0.135. The smallest absolute Gasteiger partial charge is 0.325 e. The third kappa shape index (κ3) is 3.29. The summed E-state index contributed by atoms with van der Waals surface area (Å²) < 4.78 is 5.12. The standard InChI is InChI=1S/C15H18N4O5/c1-15(9-4-3-5-10(6-9)24-2)13(22)19(14(23)18-15)8-12(21)17-7-11(16)20/h3-6H,7-8H2,1-2H3,(H2,16,20)(H,17,21)(H,18,23)/t15-/m1/s1. The minimum absolute atomic E-state index is 0.365. The number of hydrogen-bond acceptors (Lipinski definition) is 5. The average molecular weight is 334 g/mol. The van der Waals surface area contributed by atoms with E-state index in [1.54, 1.807) is 31.2 Å². The number of hydrogen-bond donors (Lipinski definition) is 3. The molecule has 0 spiro atoms. The Hall–Kier alpha value is -3.10. The first-order valence-corrected chi connectivity index (χ1v) is 7.11. The van der Waals surface area contributed by atoms with E-state index in [0.29, 0.717) is 11.3 Å². The van der Waals surface area contributed by atoms with Crippen LogP contribution >= 0.6 is 0 Å². The van der Waals surface area contributed by atoms with Gasteiger partial charge in [0.25, 0.3) is 5.91 Å². The SMILES string of the molecule is COc1cccc([C@@]2(C)NC(=O)N(CC(=O)NCC(N)=O)C2=O)c1. The van der Waals surface area contributed by atoms with Crippen molar-refractivity contribution in [2.75, 3.05) is 20.2 Å². The van der Waals surface area contributed by atoms with Crippen LogP contribution < -0.4 is 21.1 Å². The molecule has 0 unspecified atom stereocenters. The number of primary amides is 1. The monoisotopic (exact) mass is 334 g/mol. The average Bonchev–Trinajstić information content (AvgIpc) is 2.77. The molecule has 0 aliphatic carbocycles.